The van der Waals surface area contributed by atoms with Crippen molar-refractivity contribution >= 4 is 17.4 Å². The number of hydrogen-bond donors (Lipinski definition) is 2. The lowest BCUT2D eigenvalue weighted by Gasteiger charge is -2.13. The van der Waals surface area contributed by atoms with Gasteiger partial charge < -0.3 is 15.4 Å². The van der Waals surface area contributed by atoms with E-state index in [4.69, 9.17) is 4.74 Å². The highest BCUT2D eigenvalue weighted by Crippen LogP contribution is 2.20. The van der Waals surface area contributed by atoms with Crippen molar-refractivity contribution < 1.29 is 9.53 Å². The van der Waals surface area contributed by atoms with E-state index in [1.54, 1.807) is 25.4 Å². The molecule has 1 aliphatic rings. The monoisotopic (exact) mass is 351 g/mol. The van der Waals surface area contributed by atoms with Crippen molar-refractivity contribution in [1.29, 1.82) is 0 Å². The molecule has 136 valence electrons. The van der Waals surface area contributed by atoms with Crippen LogP contribution in [0.1, 0.15) is 42.5 Å². The van der Waals surface area contributed by atoms with E-state index in [1.165, 1.54) is 31.3 Å². The van der Waals surface area contributed by atoms with Gasteiger partial charge in [0.05, 0.1) is 7.11 Å². The normalized spacial score (nSPS) is 13.7. The molecule has 2 N–H and O–H groups in total. The number of benzene rings is 1. The summed E-state index contributed by atoms with van der Waals surface area (Å²) in [5, 5.41) is 6.20. The maximum Gasteiger partial charge on any atom is 0.251 e. The molecule has 1 aromatic carbocycles. The van der Waals surface area contributed by atoms with E-state index in [9.17, 15) is 4.79 Å². The maximum absolute atomic E-state index is 12.4. The van der Waals surface area contributed by atoms with Gasteiger partial charge in [0.1, 0.15) is 11.6 Å². The van der Waals surface area contributed by atoms with Crippen LogP contribution in [0.3, 0.4) is 0 Å². The fourth-order valence-electron chi connectivity index (χ4n) is 3.03. The average molecular weight is 351 g/mol. The molecule has 1 heterocycles. The molecule has 2 aromatic rings. The molecule has 5 nitrogen and oxygen atoms in total. The zero-order chi connectivity index (χ0) is 18.2. The number of nitrogens with zero attached hydrogens (tertiary/aromatic N) is 1. The van der Waals surface area contributed by atoms with Crippen LogP contribution in [-0.4, -0.2) is 24.5 Å². The summed E-state index contributed by atoms with van der Waals surface area (Å²) in [4.78, 5) is 16.7. The highest BCUT2D eigenvalue weighted by Gasteiger charge is 2.08. The molecular weight excluding hydrogens is 326 g/mol. The van der Waals surface area contributed by atoms with E-state index in [0.29, 0.717) is 17.9 Å². The summed E-state index contributed by atoms with van der Waals surface area (Å²) in [5.41, 5.74) is 2.96. The number of rotatable bonds is 7. The van der Waals surface area contributed by atoms with Gasteiger partial charge in [-0.2, -0.15) is 0 Å². The van der Waals surface area contributed by atoms with E-state index in [-0.39, 0.29) is 5.91 Å². The lowest BCUT2D eigenvalue weighted by molar-refractivity contribution is 0.0954. The summed E-state index contributed by atoms with van der Waals surface area (Å²) in [6, 6.07) is 11.1. The number of nitrogens with one attached hydrogen (secondary N) is 2. The van der Waals surface area contributed by atoms with Crippen LogP contribution >= 0.6 is 0 Å². The molecular formula is C21H25N3O2. The second kappa shape index (κ2) is 9.04. The average Bonchev–Trinajstić information content (AvgIpc) is 2.69. The molecule has 0 saturated heterocycles. The lowest BCUT2D eigenvalue weighted by atomic mass is 9.97. The van der Waals surface area contributed by atoms with Crippen molar-refractivity contribution in [2.45, 2.75) is 32.1 Å². The number of anilines is 2. The van der Waals surface area contributed by atoms with E-state index in [1.807, 2.05) is 24.3 Å². The Hall–Kier alpha value is -2.82. The number of methoxy groups -OCH3 is 1. The third-order valence-electron chi connectivity index (χ3n) is 4.50. The van der Waals surface area contributed by atoms with Crippen LogP contribution < -0.4 is 15.4 Å². The first-order chi connectivity index (χ1) is 12.7. The molecule has 1 aromatic heterocycles. The van der Waals surface area contributed by atoms with Crippen molar-refractivity contribution in [1.82, 2.24) is 10.3 Å². The molecule has 0 radical (unpaired) electrons. The first-order valence-corrected chi connectivity index (χ1v) is 9.08. The van der Waals surface area contributed by atoms with Crippen LogP contribution in [0.25, 0.3) is 0 Å². The van der Waals surface area contributed by atoms with Crippen LogP contribution in [-0.2, 0) is 0 Å². The molecule has 3 rings (SSSR count). The third kappa shape index (κ3) is 5.09. The van der Waals surface area contributed by atoms with Gasteiger partial charge in [-0.15, -0.1) is 0 Å². The van der Waals surface area contributed by atoms with Crippen molar-refractivity contribution in [3.05, 3.63) is 59.8 Å². The lowest BCUT2D eigenvalue weighted by Crippen LogP contribution is -2.25. The van der Waals surface area contributed by atoms with Crippen LogP contribution in [0, 0.1) is 0 Å². The summed E-state index contributed by atoms with van der Waals surface area (Å²) >= 11 is 0. The number of carbonyl (C=O) groups is 1. The van der Waals surface area contributed by atoms with Crippen molar-refractivity contribution in [2.75, 3.05) is 19.0 Å². The molecule has 1 aliphatic carbocycles. The second-order valence-electron chi connectivity index (χ2n) is 6.40. The first kappa shape index (κ1) is 18.0. The number of pyridine rings is 1. The number of aromatic nitrogens is 1. The van der Waals surface area contributed by atoms with Gasteiger partial charge in [0.15, 0.2) is 0 Å². The molecule has 5 heteroatoms. The van der Waals surface area contributed by atoms with Crippen LogP contribution in [0.2, 0.25) is 0 Å². The number of amides is 1. The Morgan fingerprint density at radius 2 is 2.04 bits per heavy atom. The molecule has 0 saturated carbocycles. The Labute approximate surface area is 154 Å². The van der Waals surface area contributed by atoms with Gasteiger partial charge in [-0.1, -0.05) is 11.6 Å². The third-order valence-corrected chi connectivity index (χ3v) is 4.50. The van der Waals surface area contributed by atoms with E-state index in [2.05, 4.69) is 21.7 Å². The van der Waals surface area contributed by atoms with Gasteiger partial charge in [-0.25, -0.2) is 4.98 Å². The Kier molecular flexibility index (Phi) is 6.25. The SMILES string of the molecule is COc1ccc(Nc2cc(C(=O)NCCC3=CCCCC3)ccn2)cc1. The zero-order valence-corrected chi connectivity index (χ0v) is 15.1. The number of carbonyl (C=O) groups excluding carboxylic acids is 1. The predicted octanol–water partition coefficient (Wildman–Crippen LogP) is 4.45. The van der Waals surface area contributed by atoms with E-state index in [0.717, 1.165) is 17.9 Å². The zero-order valence-electron chi connectivity index (χ0n) is 15.1. The smallest absolute Gasteiger partial charge is 0.251 e. The fraction of sp³-hybridized carbons (Fsp3) is 0.333. The largest absolute Gasteiger partial charge is 0.497 e. The van der Waals surface area contributed by atoms with Crippen molar-refractivity contribution in [3.8, 4) is 5.75 Å². The van der Waals surface area contributed by atoms with Gasteiger partial charge in [0.25, 0.3) is 5.91 Å². The summed E-state index contributed by atoms with van der Waals surface area (Å²) in [5.74, 6) is 1.36. The highest BCUT2D eigenvalue weighted by atomic mass is 16.5. The standard InChI is InChI=1S/C21H25N3O2/c1-26-19-9-7-18(8-10-19)24-20-15-17(12-14-22-20)21(25)23-13-11-16-5-3-2-4-6-16/h5,7-10,12,14-15H,2-4,6,11,13H2,1H3,(H,22,24)(H,23,25). The van der Waals surface area contributed by atoms with Crippen LogP contribution in [0.5, 0.6) is 5.75 Å². The predicted molar refractivity (Wildman–Crippen MR) is 104 cm³/mol. The number of allylic oxidation sites excluding steroid dienone is 1. The Morgan fingerprint density at radius 1 is 1.19 bits per heavy atom. The first-order valence-electron chi connectivity index (χ1n) is 9.08. The number of hydrogen-bond acceptors (Lipinski definition) is 4. The fourth-order valence-corrected chi connectivity index (χ4v) is 3.03. The second-order valence-corrected chi connectivity index (χ2v) is 6.40. The quantitative estimate of drug-likeness (QED) is 0.723. The summed E-state index contributed by atoms with van der Waals surface area (Å²) in [6.45, 7) is 0.675. The molecule has 0 bridgehead atoms. The summed E-state index contributed by atoms with van der Waals surface area (Å²) in [7, 11) is 1.64. The Balaban J connectivity index is 1.55. The van der Waals surface area contributed by atoms with Gasteiger partial charge in [-0.3, -0.25) is 4.79 Å². The highest BCUT2D eigenvalue weighted by molar-refractivity contribution is 5.94. The minimum Gasteiger partial charge on any atom is -0.497 e. The molecule has 0 spiro atoms. The molecule has 0 atom stereocenters. The van der Waals surface area contributed by atoms with Crippen molar-refractivity contribution in [2.24, 2.45) is 0 Å². The Morgan fingerprint density at radius 3 is 2.77 bits per heavy atom. The van der Waals surface area contributed by atoms with Gasteiger partial charge in [0.2, 0.25) is 0 Å². The van der Waals surface area contributed by atoms with Gasteiger partial charge in [-0.05, 0) is 68.5 Å². The molecule has 26 heavy (non-hydrogen) atoms. The summed E-state index contributed by atoms with van der Waals surface area (Å²) in [6.07, 6.45) is 9.80. The Bertz CT molecular complexity index is 769. The minimum absolute atomic E-state index is 0.0680. The van der Waals surface area contributed by atoms with Gasteiger partial charge in [0, 0.05) is 24.0 Å². The van der Waals surface area contributed by atoms with Crippen molar-refractivity contribution in [3.63, 3.8) is 0 Å². The topological polar surface area (TPSA) is 63.2 Å². The summed E-state index contributed by atoms with van der Waals surface area (Å²) < 4.78 is 5.15. The number of ether oxygens (including phenoxy) is 1. The minimum atomic E-state index is -0.0680. The molecule has 0 fully saturated rings. The molecule has 1 amide bonds. The van der Waals surface area contributed by atoms with Gasteiger partial charge >= 0.3 is 0 Å². The molecule has 0 unspecified atom stereocenters. The molecule has 0 aliphatic heterocycles. The van der Waals surface area contributed by atoms with E-state index < -0.39 is 0 Å². The van der Waals surface area contributed by atoms with E-state index >= 15 is 0 Å². The van der Waals surface area contributed by atoms with Crippen LogP contribution in [0.15, 0.2) is 54.2 Å². The maximum atomic E-state index is 12.4. The van der Waals surface area contributed by atoms with Crippen LogP contribution in [0.4, 0.5) is 11.5 Å².